The van der Waals surface area contributed by atoms with Crippen LogP contribution in [0.1, 0.15) is 10.4 Å². The summed E-state index contributed by atoms with van der Waals surface area (Å²) < 4.78 is 0. The molecule has 2 rings (SSSR count). The summed E-state index contributed by atoms with van der Waals surface area (Å²) >= 11 is 0. The number of hydrogen-bond acceptors (Lipinski definition) is 3. The Labute approximate surface area is 75.0 Å². The van der Waals surface area contributed by atoms with Gasteiger partial charge in [0.25, 0.3) is 0 Å². The van der Waals surface area contributed by atoms with Gasteiger partial charge in [-0.1, -0.05) is 0 Å². The number of hydrogen-bond donors (Lipinski definition) is 2. The first-order chi connectivity index (χ1) is 6.18. The van der Waals surface area contributed by atoms with Gasteiger partial charge < -0.3 is 15.1 Å². The highest BCUT2D eigenvalue weighted by molar-refractivity contribution is 5.91. The molecule has 2 N–H and O–H groups in total. The van der Waals surface area contributed by atoms with Crippen molar-refractivity contribution in [2.75, 3.05) is 18.0 Å². The molecular weight excluding hydrogens is 170 g/mol. The van der Waals surface area contributed by atoms with Crippen LogP contribution in [-0.2, 0) is 0 Å². The second kappa shape index (κ2) is 2.65. The Morgan fingerprint density at radius 2 is 2.08 bits per heavy atom. The van der Waals surface area contributed by atoms with Crippen LogP contribution in [0.25, 0.3) is 0 Å². The third-order valence-electron chi connectivity index (χ3n) is 2.02. The number of nitrogens with zero attached hydrogens (tertiary/aromatic N) is 1. The number of carbonyl (C=O) groups is 1. The van der Waals surface area contributed by atoms with Crippen molar-refractivity contribution in [2.45, 2.75) is 0 Å². The summed E-state index contributed by atoms with van der Waals surface area (Å²) in [7, 11) is 0. The average molecular weight is 179 g/mol. The minimum absolute atomic E-state index is 0.0504. The summed E-state index contributed by atoms with van der Waals surface area (Å²) in [6.07, 6.45) is 0. The Morgan fingerprint density at radius 3 is 2.54 bits per heavy atom. The summed E-state index contributed by atoms with van der Waals surface area (Å²) in [5.41, 5.74) is 0.827. The summed E-state index contributed by atoms with van der Waals surface area (Å²) in [6.45, 7) is 1.96. The van der Waals surface area contributed by atoms with Gasteiger partial charge in [-0.3, -0.25) is 0 Å². The van der Waals surface area contributed by atoms with E-state index in [2.05, 4.69) is 0 Å². The number of phenols is 1. The van der Waals surface area contributed by atoms with E-state index >= 15 is 0 Å². The first kappa shape index (κ1) is 7.91. The molecule has 1 aromatic rings. The molecule has 0 spiro atoms. The zero-order valence-electron chi connectivity index (χ0n) is 6.90. The first-order valence-electron chi connectivity index (χ1n) is 4.00. The van der Waals surface area contributed by atoms with Gasteiger partial charge in [-0.15, -0.1) is 0 Å². The van der Waals surface area contributed by atoms with Gasteiger partial charge in [-0.2, -0.15) is 0 Å². The molecule has 0 bridgehead atoms. The number of carboxylic acids is 1. The van der Waals surface area contributed by atoms with E-state index in [0.29, 0.717) is 0 Å². The van der Waals surface area contributed by atoms with Crippen molar-refractivity contribution in [3.05, 3.63) is 23.8 Å². The van der Waals surface area contributed by atoms with Crippen molar-refractivity contribution < 1.29 is 15.0 Å². The van der Waals surface area contributed by atoms with Crippen LogP contribution in [0.4, 0.5) is 5.69 Å². The zero-order valence-corrected chi connectivity index (χ0v) is 6.90. The molecule has 1 heterocycles. The van der Waals surface area contributed by atoms with Crippen molar-refractivity contribution in [3.8, 4) is 5.75 Å². The molecule has 0 radical (unpaired) electrons. The van der Waals surface area contributed by atoms with E-state index in [-0.39, 0.29) is 11.3 Å². The molecule has 13 heavy (non-hydrogen) atoms. The van der Waals surface area contributed by atoms with E-state index < -0.39 is 5.97 Å². The van der Waals surface area contributed by atoms with Crippen LogP contribution in [0, 0.1) is 0 Å². The fourth-order valence-corrected chi connectivity index (χ4v) is 1.21. The van der Waals surface area contributed by atoms with E-state index in [1.165, 1.54) is 12.1 Å². The molecule has 0 amide bonds. The van der Waals surface area contributed by atoms with Gasteiger partial charge in [0.15, 0.2) is 0 Å². The molecule has 1 fully saturated rings. The van der Waals surface area contributed by atoms with Gasteiger partial charge >= 0.3 is 5.97 Å². The predicted octanol–water partition coefficient (Wildman–Crippen LogP) is 0.910. The van der Waals surface area contributed by atoms with Crippen LogP contribution in [0.15, 0.2) is 18.2 Å². The molecule has 0 atom stereocenters. The van der Waals surface area contributed by atoms with Crippen LogP contribution in [-0.4, -0.2) is 29.3 Å². The van der Waals surface area contributed by atoms with Crippen molar-refractivity contribution in [2.24, 2.45) is 0 Å². The molecule has 1 aromatic carbocycles. The Bertz CT molecular complexity index is 358. The number of carboxylic acid groups (broad SMARTS) is 1. The Kier molecular flexibility index (Phi) is 1.62. The Balaban J connectivity index is 2.36. The highest BCUT2D eigenvalue weighted by Gasteiger charge is 2.19. The zero-order chi connectivity index (χ0) is 9.42. The highest BCUT2D eigenvalue weighted by atomic mass is 16.4. The van der Waals surface area contributed by atoms with E-state index in [1.807, 2.05) is 4.90 Å². The van der Waals surface area contributed by atoms with E-state index in [1.54, 1.807) is 6.07 Å². The molecule has 68 valence electrons. The van der Waals surface area contributed by atoms with Gasteiger partial charge in [-0.05, 0) is 12.1 Å². The van der Waals surface area contributed by atoms with Crippen molar-refractivity contribution in [1.82, 2.24) is 0 Å². The highest BCUT2D eigenvalue weighted by Crippen LogP contribution is 2.27. The van der Waals surface area contributed by atoms with Crippen molar-refractivity contribution in [1.29, 1.82) is 0 Å². The van der Waals surface area contributed by atoms with Crippen LogP contribution in [0.2, 0.25) is 0 Å². The van der Waals surface area contributed by atoms with Gasteiger partial charge in [0, 0.05) is 24.8 Å². The van der Waals surface area contributed by atoms with Crippen LogP contribution >= 0.6 is 0 Å². The number of rotatable bonds is 2. The van der Waals surface area contributed by atoms with Crippen molar-refractivity contribution >= 4 is 11.7 Å². The Hall–Kier alpha value is -1.71. The first-order valence-corrected chi connectivity index (χ1v) is 4.00. The molecule has 1 aliphatic rings. The second-order valence-corrected chi connectivity index (χ2v) is 2.99. The third-order valence-corrected chi connectivity index (χ3v) is 2.02. The minimum atomic E-state index is -1.10. The molecular formula is C9H9NO3. The van der Waals surface area contributed by atoms with Crippen molar-refractivity contribution in [3.63, 3.8) is 0 Å². The topological polar surface area (TPSA) is 60.5 Å². The summed E-state index contributed by atoms with van der Waals surface area (Å²) in [4.78, 5) is 12.6. The largest absolute Gasteiger partial charge is 0.507 e. The van der Waals surface area contributed by atoms with Gasteiger partial charge in [0.1, 0.15) is 11.3 Å². The third kappa shape index (κ3) is 1.42. The smallest absolute Gasteiger partial charge is 0.339 e. The lowest BCUT2D eigenvalue weighted by Crippen LogP contribution is -1.98. The number of aromatic carboxylic acids is 1. The average Bonchev–Trinajstić information content (AvgIpc) is 2.85. The maximum atomic E-state index is 10.5. The van der Waals surface area contributed by atoms with E-state index in [4.69, 9.17) is 5.11 Å². The SMILES string of the molecule is O=C(O)c1ccc(N2CC2)cc1O. The monoisotopic (exact) mass is 179 g/mol. The molecule has 0 aliphatic carbocycles. The van der Waals surface area contributed by atoms with E-state index in [0.717, 1.165) is 18.8 Å². The van der Waals surface area contributed by atoms with Crippen LogP contribution < -0.4 is 4.90 Å². The number of benzene rings is 1. The molecule has 1 aliphatic heterocycles. The summed E-state index contributed by atoms with van der Waals surface area (Å²) in [5.74, 6) is -1.27. The number of aromatic hydroxyl groups is 1. The quantitative estimate of drug-likeness (QED) is 0.662. The standard InChI is InChI=1S/C9H9NO3/c11-8-5-6(10-3-4-10)1-2-7(8)9(12)13/h1-2,5,11H,3-4H2,(H,12,13). The lowest BCUT2D eigenvalue weighted by Gasteiger charge is -2.04. The molecule has 0 saturated carbocycles. The summed E-state index contributed by atoms with van der Waals surface area (Å²) in [6, 6.07) is 4.61. The molecule has 1 saturated heterocycles. The Morgan fingerprint density at radius 1 is 1.38 bits per heavy atom. The number of anilines is 1. The minimum Gasteiger partial charge on any atom is -0.507 e. The lowest BCUT2D eigenvalue weighted by molar-refractivity contribution is 0.0694. The van der Waals surface area contributed by atoms with Crippen LogP contribution in [0.5, 0.6) is 5.75 Å². The second-order valence-electron chi connectivity index (χ2n) is 2.99. The van der Waals surface area contributed by atoms with Gasteiger partial charge in [-0.25, -0.2) is 4.79 Å². The normalized spacial score (nSPS) is 14.3. The molecule has 4 heteroatoms. The lowest BCUT2D eigenvalue weighted by atomic mass is 10.2. The van der Waals surface area contributed by atoms with Crippen LogP contribution in [0.3, 0.4) is 0 Å². The fourth-order valence-electron chi connectivity index (χ4n) is 1.21. The predicted molar refractivity (Wildman–Crippen MR) is 47.3 cm³/mol. The van der Waals surface area contributed by atoms with Gasteiger partial charge in [0.05, 0.1) is 0 Å². The molecule has 0 unspecified atom stereocenters. The molecule has 4 nitrogen and oxygen atoms in total. The maximum Gasteiger partial charge on any atom is 0.339 e. The maximum absolute atomic E-state index is 10.5. The fraction of sp³-hybridized carbons (Fsp3) is 0.222. The van der Waals surface area contributed by atoms with E-state index in [9.17, 15) is 9.90 Å². The summed E-state index contributed by atoms with van der Waals surface area (Å²) in [5, 5.41) is 18.0. The molecule has 0 aromatic heterocycles. The van der Waals surface area contributed by atoms with Gasteiger partial charge in [0.2, 0.25) is 0 Å².